The molecule has 1 aromatic carbocycles. The number of guanidine groups is 1. The highest BCUT2D eigenvalue weighted by molar-refractivity contribution is 14.0. The van der Waals surface area contributed by atoms with Crippen LogP contribution in [0.3, 0.4) is 0 Å². The van der Waals surface area contributed by atoms with Gasteiger partial charge in [0.15, 0.2) is 5.96 Å². The first-order valence-corrected chi connectivity index (χ1v) is 9.41. The number of morpholine rings is 1. The van der Waals surface area contributed by atoms with Crippen molar-refractivity contribution in [1.82, 2.24) is 15.1 Å². The fourth-order valence-electron chi connectivity index (χ4n) is 3.62. The predicted molar refractivity (Wildman–Crippen MR) is 120 cm³/mol. The summed E-state index contributed by atoms with van der Waals surface area (Å²) in [7, 11) is 1.85. The lowest BCUT2D eigenvalue weighted by molar-refractivity contribution is 0.0195. The van der Waals surface area contributed by atoms with Crippen LogP contribution < -0.4 is 10.1 Å². The second-order valence-corrected chi connectivity index (χ2v) is 6.65. The Bertz CT molecular complexity index is 620. The molecule has 2 aliphatic rings. The molecule has 2 fully saturated rings. The maximum Gasteiger partial charge on any atom is 0.193 e. The summed E-state index contributed by atoms with van der Waals surface area (Å²) >= 11 is 0. The number of para-hydroxylation sites is 1. The van der Waals surface area contributed by atoms with Crippen LogP contribution in [0.1, 0.15) is 12.0 Å². The molecule has 2 heterocycles. The van der Waals surface area contributed by atoms with Crippen LogP contribution in [0, 0.1) is 0 Å². The topological polar surface area (TPSA) is 49.3 Å². The van der Waals surface area contributed by atoms with Crippen molar-refractivity contribution < 1.29 is 9.47 Å². The van der Waals surface area contributed by atoms with Crippen molar-refractivity contribution in [2.75, 3.05) is 53.0 Å². The van der Waals surface area contributed by atoms with E-state index in [9.17, 15) is 0 Å². The molecule has 150 valence electrons. The lowest BCUT2D eigenvalue weighted by Crippen LogP contribution is -2.46. The average molecular weight is 486 g/mol. The second-order valence-electron chi connectivity index (χ2n) is 6.65. The van der Waals surface area contributed by atoms with Crippen LogP contribution in [0.15, 0.2) is 41.9 Å². The van der Waals surface area contributed by atoms with Crippen LogP contribution >= 0.6 is 24.0 Å². The molecular weight excluding hydrogens is 455 g/mol. The normalized spacial score (nSPS) is 20.9. The summed E-state index contributed by atoms with van der Waals surface area (Å²) < 4.78 is 11.2. The molecule has 3 rings (SSSR count). The zero-order chi connectivity index (χ0) is 18.2. The third-order valence-corrected chi connectivity index (χ3v) is 5.00. The summed E-state index contributed by atoms with van der Waals surface area (Å²) in [5.41, 5.74) is 1.12. The molecule has 0 aromatic heterocycles. The van der Waals surface area contributed by atoms with Crippen molar-refractivity contribution in [2.45, 2.75) is 19.0 Å². The van der Waals surface area contributed by atoms with Crippen molar-refractivity contribution in [3.05, 3.63) is 42.5 Å². The first kappa shape index (κ1) is 22.0. The van der Waals surface area contributed by atoms with Gasteiger partial charge >= 0.3 is 0 Å². The van der Waals surface area contributed by atoms with Gasteiger partial charge in [0.05, 0.1) is 13.2 Å². The molecule has 1 aromatic rings. The molecule has 0 saturated carbocycles. The van der Waals surface area contributed by atoms with Crippen LogP contribution in [-0.4, -0.2) is 74.8 Å². The fourth-order valence-corrected chi connectivity index (χ4v) is 3.62. The number of nitrogens with zero attached hydrogens (tertiary/aromatic N) is 3. The number of aliphatic imine (C=N–C) groups is 1. The number of hydrogen-bond donors (Lipinski definition) is 1. The summed E-state index contributed by atoms with van der Waals surface area (Å²) in [6, 6.07) is 8.70. The number of halogens is 1. The number of hydrogen-bond acceptors (Lipinski definition) is 4. The summed E-state index contributed by atoms with van der Waals surface area (Å²) in [6.45, 7) is 10.8. The molecule has 1 N–H and O–H groups in total. The molecule has 6 nitrogen and oxygen atoms in total. The van der Waals surface area contributed by atoms with Crippen LogP contribution in [0.2, 0.25) is 0 Å². The monoisotopic (exact) mass is 486 g/mol. The Morgan fingerprint density at radius 2 is 2.11 bits per heavy atom. The highest BCUT2D eigenvalue weighted by Crippen LogP contribution is 2.19. The van der Waals surface area contributed by atoms with E-state index in [0.717, 1.165) is 56.7 Å². The van der Waals surface area contributed by atoms with E-state index in [2.05, 4.69) is 32.8 Å². The Hall–Kier alpha value is -1.32. The average Bonchev–Trinajstić information content (AvgIpc) is 3.18. The van der Waals surface area contributed by atoms with E-state index < -0.39 is 0 Å². The van der Waals surface area contributed by atoms with E-state index >= 15 is 0 Å². The van der Waals surface area contributed by atoms with E-state index in [1.807, 2.05) is 25.2 Å². The molecule has 0 radical (unpaired) electrons. The van der Waals surface area contributed by atoms with E-state index in [0.29, 0.717) is 19.2 Å². The zero-order valence-electron chi connectivity index (χ0n) is 16.1. The highest BCUT2D eigenvalue weighted by Gasteiger charge is 2.30. The number of rotatable bonds is 6. The quantitative estimate of drug-likeness (QED) is 0.290. The zero-order valence-corrected chi connectivity index (χ0v) is 18.4. The molecule has 0 spiro atoms. The van der Waals surface area contributed by atoms with E-state index in [1.54, 1.807) is 6.08 Å². The Morgan fingerprint density at radius 1 is 1.33 bits per heavy atom. The fraction of sp³-hybridized carbons (Fsp3) is 0.550. The Balaban J connectivity index is 0.00000261. The van der Waals surface area contributed by atoms with Gasteiger partial charge in [-0.3, -0.25) is 9.89 Å². The molecule has 1 unspecified atom stereocenters. The van der Waals surface area contributed by atoms with E-state index in [-0.39, 0.29) is 24.0 Å². The Morgan fingerprint density at radius 3 is 2.85 bits per heavy atom. The van der Waals surface area contributed by atoms with Gasteiger partial charge in [-0.1, -0.05) is 30.9 Å². The minimum absolute atomic E-state index is 0. The van der Waals surface area contributed by atoms with Gasteiger partial charge in [-0.2, -0.15) is 0 Å². The molecule has 27 heavy (non-hydrogen) atoms. The molecule has 0 bridgehead atoms. The van der Waals surface area contributed by atoms with Gasteiger partial charge in [-0.25, -0.2) is 0 Å². The lowest BCUT2D eigenvalue weighted by Gasteiger charge is -2.32. The van der Waals surface area contributed by atoms with Crippen LogP contribution in [-0.2, 0) is 11.3 Å². The summed E-state index contributed by atoms with van der Waals surface area (Å²) in [5, 5.41) is 3.49. The van der Waals surface area contributed by atoms with Gasteiger partial charge in [0.1, 0.15) is 12.4 Å². The van der Waals surface area contributed by atoms with Crippen molar-refractivity contribution in [3.8, 4) is 5.75 Å². The van der Waals surface area contributed by atoms with Gasteiger partial charge in [-0.15, -0.1) is 24.0 Å². The molecule has 2 aliphatic heterocycles. The van der Waals surface area contributed by atoms with Crippen molar-refractivity contribution in [2.24, 2.45) is 4.99 Å². The minimum Gasteiger partial charge on any atom is -0.489 e. The summed E-state index contributed by atoms with van der Waals surface area (Å²) in [6.07, 6.45) is 2.94. The molecule has 2 saturated heterocycles. The molecule has 0 amide bonds. The second kappa shape index (κ2) is 11.5. The minimum atomic E-state index is 0. The van der Waals surface area contributed by atoms with Gasteiger partial charge in [0, 0.05) is 51.4 Å². The lowest BCUT2D eigenvalue weighted by atomic mass is 10.2. The molecule has 0 aliphatic carbocycles. The summed E-state index contributed by atoms with van der Waals surface area (Å²) in [4.78, 5) is 9.39. The van der Waals surface area contributed by atoms with Crippen molar-refractivity contribution in [3.63, 3.8) is 0 Å². The maximum absolute atomic E-state index is 5.74. The van der Waals surface area contributed by atoms with Gasteiger partial charge < -0.3 is 19.7 Å². The number of nitrogens with one attached hydrogen (secondary N) is 1. The van der Waals surface area contributed by atoms with E-state index in [1.165, 1.54) is 6.42 Å². The number of likely N-dealkylation sites (tertiary alicyclic amines) is 1. The smallest absolute Gasteiger partial charge is 0.193 e. The van der Waals surface area contributed by atoms with Gasteiger partial charge in [0.25, 0.3) is 0 Å². The Kier molecular flexibility index (Phi) is 9.36. The standard InChI is InChI=1S/C20H30N4O2.HI/c1-3-12-26-19-7-5-4-6-17(19)15-22-20(21-2)24-9-8-18(16-24)23-10-13-25-14-11-23;/h3-7,18H,1,8-16H2,2H3,(H,21,22);1H. The Labute approximate surface area is 179 Å². The predicted octanol–water partition coefficient (Wildman–Crippen LogP) is 2.35. The van der Waals surface area contributed by atoms with Crippen molar-refractivity contribution in [1.29, 1.82) is 0 Å². The largest absolute Gasteiger partial charge is 0.489 e. The number of benzene rings is 1. The molecule has 7 heteroatoms. The highest BCUT2D eigenvalue weighted by atomic mass is 127. The molecule has 1 atom stereocenters. The first-order chi connectivity index (χ1) is 12.8. The van der Waals surface area contributed by atoms with Crippen LogP contribution in [0.25, 0.3) is 0 Å². The maximum atomic E-state index is 5.74. The van der Waals surface area contributed by atoms with Crippen LogP contribution in [0.4, 0.5) is 0 Å². The van der Waals surface area contributed by atoms with Crippen molar-refractivity contribution >= 4 is 29.9 Å². The first-order valence-electron chi connectivity index (χ1n) is 9.41. The van der Waals surface area contributed by atoms with Gasteiger partial charge in [-0.05, 0) is 12.5 Å². The molecular formula is C20H31IN4O2. The third-order valence-electron chi connectivity index (χ3n) is 5.00. The third kappa shape index (κ3) is 6.08. The van der Waals surface area contributed by atoms with Crippen LogP contribution in [0.5, 0.6) is 5.75 Å². The SMILES string of the molecule is C=CCOc1ccccc1CNC(=NC)N1CCC(N2CCOCC2)C1.I. The summed E-state index contributed by atoms with van der Waals surface area (Å²) in [5.74, 6) is 1.85. The van der Waals surface area contributed by atoms with Gasteiger partial charge in [0.2, 0.25) is 0 Å². The van der Waals surface area contributed by atoms with E-state index in [4.69, 9.17) is 9.47 Å². The number of ether oxygens (including phenoxy) is 2.